The number of nitrogens with zero attached hydrogens (tertiary/aromatic N) is 1. The molecule has 0 aromatic carbocycles. The van der Waals surface area contributed by atoms with Crippen molar-refractivity contribution in [3.8, 4) is 0 Å². The van der Waals surface area contributed by atoms with Gasteiger partial charge in [0.05, 0.1) is 18.8 Å². The summed E-state index contributed by atoms with van der Waals surface area (Å²) in [5, 5.41) is 6.23. The molecule has 1 aromatic rings. The van der Waals surface area contributed by atoms with Gasteiger partial charge in [-0.3, -0.25) is 4.79 Å². The molecule has 1 saturated heterocycles. The molecule has 2 heterocycles. The molecule has 118 valence electrons. The highest BCUT2D eigenvalue weighted by Crippen LogP contribution is 2.17. The Morgan fingerprint density at radius 2 is 2.29 bits per heavy atom. The highest BCUT2D eigenvalue weighted by Gasteiger charge is 2.24. The van der Waals surface area contributed by atoms with E-state index in [2.05, 4.69) is 29.4 Å². The van der Waals surface area contributed by atoms with Gasteiger partial charge in [-0.05, 0) is 58.3 Å². The molecule has 0 spiro atoms. The third-order valence-corrected chi connectivity index (χ3v) is 4.17. The third kappa shape index (κ3) is 4.86. The molecule has 0 radical (unpaired) electrons. The van der Waals surface area contributed by atoms with E-state index in [4.69, 9.17) is 4.42 Å². The molecule has 2 atom stereocenters. The summed E-state index contributed by atoms with van der Waals surface area (Å²) >= 11 is 0. The van der Waals surface area contributed by atoms with Crippen molar-refractivity contribution < 1.29 is 9.21 Å². The molecule has 0 aliphatic carbocycles. The number of amides is 1. The fourth-order valence-corrected chi connectivity index (χ4v) is 2.67. The van der Waals surface area contributed by atoms with Gasteiger partial charge in [-0.25, -0.2) is 0 Å². The largest absolute Gasteiger partial charge is 0.467 e. The first-order valence-corrected chi connectivity index (χ1v) is 7.83. The molecule has 1 aliphatic rings. The predicted octanol–water partition coefficient (Wildman–Crippen LogP) is 1.60. The molecule has 1 aliphatic heterocycles. The number of hydrogen-bond acceptors (Lipinski definition) is 4. The maximum Gasteiger partial charge on any atom is 0.237 e. The second-order valence-corrected chi connectivity index (χ2v) is 6.17. The Hall–Kier alpha value is -1.33. The molecule has 2 rings (SSSR count). The summed E-state index contributed by atoms with van der Waals surface area (Å²) in [6.45, 7) is 10.0. The van der Waals surface area contributed by atoms with E-state index in [9.17, 15) is 4.79 Å². The fourth-order valence-electron chi connectivity index (χ4n) is 2.67. The molecular formula is C16H27N3O2. The van der Waals surface area contributed by atoms with Crippen LogP contribution in [0.5, 0.6) is 0 Å². The Bertz CT molecular complexity index is 431. The molecule has 0 saturated carbocycles. The van der Waals surface area contributed by atoms with Gasteiger partial charge in [0, 0.05) is 12.6 Å². The lowest BCUT2D eigenvalue weighted by atomic mass is 10.1. The number of nitrogens with one attached hydrogen (secondary N) is 2. The number of hydrogen-bond donors (Lipinski definition) is 2. The lowest BCUT2D eigenvalue weighted by Crippen LogP contribution is -2.44. The highest BCUT2D eigenvalue weighted by molar-refractivity contribution is 5.81. The van der Waals surface area contributed by atoms with E-state index in [0.29, 0.717) is 18.5 Å². The summed E-state index contributed by atoms with van der Waals surface area (Å²) < 4.78 is 5.20. The summed E-state index contributed by atoms with van der Waals surface area (Å²) in [6.07, 6.45) is 2.83. The standard InChI is InChI=1S/C16H27N3O2/c1-12(2)19-7-6-14(11-19)9-17-13(3)16(20)18-10-15-5-4-8-21-15/h4-5,8,12-14,17H,6-7,9-11H2,1-3H3,(H,18,20). The van der Waals surface area contributed by atoms with Crippen LogP contribution in [0, 0.1) is 5.92 Å². The first kappa shape index (κ1) is 16.0. The Labute approximate surface area is 127 Å². The lowest BCUT2D eigenvalue weighted by Gasteiger charge is -2.21. The van der Waals surface area contributed by atoms with E-state index in [-0.39, 0.29) is 11.9 Å². The van der Waals surface area contributed by atoms with Gasteiger partial charge in [-0.2, -0.15) is 0 Å². The summed E-state index contributed by atoms with van der Waals surface area (Å²) in [7, 11) is 0. The molecular weight excluding hydrogens is 266 g/mol. The minimum atomic E-state index is -0.173. The predicted molar refractivity (Wildman–Crippen MR) is 82.8 cm³/mol. The second kappa shape index (κ2) is 7.61. The number of rotatable bonds is 7. The number of carbonyl (C=O) groups is 1. The van der Waals surface area contributed by atoms with E-state index < -0.39 is 0 Å². The van der Waals surface area contributed by atoms with Gasteiger partial charge >= 0.3 is 0 Å². The van der Waals surface area contributed by atoms with E-state index in [0.717, 1.165) is 18.8 Å². The van der Waals surface area contributed by atoms with Crippen LogP contribution < -0.4 is 10.6 Å². The third-order valence-electron chi connectivity index (χ3n) is 4.17. The van der Waals surface area contributed by atoms with Crippen molar-refractivity contribution in [3.63, 3.8) is 0 Å². The average Bonchev–Trinajstić information content (AvgIpc) is 3.13. The van der Waals surface area contributed by atoms with Crippen molar-refractivity contribution in [1.82, 2.24) is 15.5 Å². The second-order valence-electron chi connectivity index (χ2n) is 6.17. The summed E-state index contributed by atoms with van der Waals surface area (Å²) in [4.78, 5) is 14.5. The maximum atomic E-state index is 12.0. The summed E-state index contributed by atoms with van der Waals surface area (Å²) in [5.41, 5.74) is 0. The first-order valence-electron chi connectivity index (χ1n) is 7.83. The van der Waals surface area contributed by atoms with Crippen molar-refractivity contribution in [2.75, 3.05) is 19.6 Å². The van der Waals surface area contributed by atoms with E-state index in [1.165, 1.54) is 13.0 Å². The average molecular weight is 293 g/mol. The van der Waals surface area contributed by atoms with Crippen LogP contribution in [-0.2, 0) is 11.3 Å². The van der Waals surface area contributed by atoms with Gasteiger partial charge in [-0.1, -0.05) is 0 Å². The molecule has 2 unspecified atom stereocenters. The number of carbonyl (C=O) groups excluding carboxylic acids is 1. The Kier molecular flexibility index (Phi) is 5.82. The normalized spacial score (nSPS) is 20.9. The molecule has 5 heteroatoms. The van der Waals surface area contributed by atoms with Crippen molar-refractivity contribution in [3.05, 3.63) is 24.2 Å². The highest BCUT2D eigenvalue weighted by atomic mass is 16.3. The SMILES string of the molecule is CC(NCC1CCN(C(C)C)C1)C(=O)NCc1ccco1. The van der Waals surface area contributed by atoms with Crippen LogP contribution in [0.3, 0.4) is 0 Å². The van der Waals surface area contributed by atoms with Gasteiger partial charge in [0.15, 0.2) is 0 Å². The molecule has 1 amide bonds. The fraction of sp³-hybridized carbons (Fsp3) is 0.688. The zero-order chi connectivity index (χ0) is 15.2. The summed E-state index contributed by atoms with van der Waals surface area (Å²) in [5.74, 6) is 1.44. The Balaban J connectivity index is 1.65. The van der Waals surface area contributed by atoms with E-state index in [1.54, 1.807) is 6.26 Å². The van der Waals surface area contributed by atoms with Crippen LogP contribution in [-0.4, -0.2) is 42.5 Å². The van der Waals surface area contributed by atoms with Gasteiger partial charge in [0.25, 0.3) is 0 Å². The zero-order valence-electron chi connectivity index (χ0n) is 13.3. The summed E-state index contributed by atoms with van der Waals surface area (Å²) in [6, 6.07) is 4.12. The molecule has 1 aromatic heterocycles. The van der Waals surface area contributed by atoms with Gasteiger partial charge in [-0.15, -0.1) is 0 Å². The van der Waals surface area contributed by atoms with Crippen LogP contribution in [0.15, 0.2) is 22.8 Å². The van der Waals surface area contributed by atoms with Gasteiger partial charge in [0.2, 0.25) is 5.91 Å². The topological polar surface area (TPSA) is 57.5 Å². The maximum absolute atomic E-state index is 12.0. The Morgan fingerprint density at radius 1 is 1.48 bits per heavy atom. The van der Waals surface area contributed by atoms with E-state index >= 15 is 0 Å². The molecule has 0 bridgehead atoms. The number of furan rings is 1. The van der Waals surface area contributed by atoms with Crippen molar-refractivity contribution >= 4 is 5.91 Å². The molecule has 1 fully saturated rings. The van der Waals surface area contributed by atoms with Crippen LogP contribution in [0.2, 0.25) is 0 Å². The van der Waals surface area contributed by atoms with Gasteiger partial charge in [0.1, 0.15) is 5.76 Å². The Morgan fingerprint density at radius 3 is 2.90 bits per heavy atom. The van der Waals surface area contributed by atoms with Crippen LogP contribution in [0.4, 0.5) is 0 Å². The van der Waals surface area contributed by atoms with Crippen LogP contribution in [0.25, 0.3) is 0 Å². The minimum Gasteiger partial charge on any atom is -0.467 e. The van der Waals surface area contributed by atoms with Crippen molar-refractivity contribution in [1.29, 1.82) is 0 Å². The van der Waals surface area contributed by atoms with Crippen LogP contribution in [0.1, 0.15) is 33.0 Å². The van der Waals surface area contributed by atoms with Gasteiger partial charge < -0.3 is 20.0 Å². The zero-order valence-corrected chi connectivity index (χ0v) is 13.3. The smallest absolute Gasteiger partial charge is 0.237 e. The molecule has 21 heavy (non-hydrogen) atoms. The van der Waals surface area contributed by atoms with Crippen LogP contribution >= 0.6 is 0 Å². The molecule has 2 N–H and O–H groups in total. The lowest BCUT2D eigenvalue weighted by molar-refractivity contribution is -0.123. The van der Waals surface area contributed by atoms with E-state index in [1.807, 2.05) is 19.1 Å². The molecule has 5 nitrogen and oxygen atoms in total. The van der Waals surface area contributed by atoms with Crippen molar-refractivity contribution in [2.45, 2.75) is 45.8 Å². The monoisotopic (exact) mass is 293 g/mol. The van der Waals surface area contributed by atoms with Crippen molar-refractivity contribution in [2.24, 2.45) is 5.92 Å². The quantitative estimate of drug-likeness (QED) is 0.802. The first-order chi connectivity index (χ1) is 10.1. The number of likely N-dealkylation sites (tertiary alicyclic amines) is 1. The minimum absolute atomic E-state index is 0.0186.